The Hall–Kier alpha value is -1.32. The lowest BCUT2D eigenvalue weighted by atomic mass is 10.1. The number of imidazole rings is 1. The number of aliphatic carboxylic acids is 1. The van der Waals surface area contributed by atoms with Crippen molar-refractivity contribution in [1.29, 1.82) is 0 Å². The molecule has 0 saturated carbocycles. The Morgan fingerprint density at radius 3 is 2.52 bits per heavy atom. The largest absolute Gasteiger partial charge is 0.481 e. The molecule has 0 amide bonds. The van der Waals surface area contributed by atoms with E-state index in [9.17, 15) is 4.79 Å². The van der Waals surface area contributed by atoms with Crippen LogP contribution in [0.4, 0.5) is 0 Å². The van der Waals surface area contributed by atoms with Crippen LogP contribution in [0.3, 0.4) is 0 Å². The third-order valence-corrected chi connectivity index (χ3v) is 3.91. The van der Waals surface area contributed by atoms with Crippen molar-refractivity contribution >= 4 is 5.97 Å². The van der Waals surface area contributed by atoms with Crippen molar-refractivity contribution < 1.29 is 14.5 Å². The molecule has 0 spiro atoms. The number of unbranched alkanes of at least 4 members (excludes halogenated alkanes) is 5. The third-order valence-electron chi connectivity index (χ3n) is 3.91. The van der Waals surface area contributed by atoms with E-state index >= 15 is 0 Å². The molecule has 0 aliphatic heterocycles. The highest BCUT2D eigenvalue weighted by Crippen LogP contribution is 2.08. The molecule has 0 radical (unpaired) electrons. The number of rotatable bonds is 12. The maximum atomic E-state index is 10.8. The van der Waals surface area contributed by atoms with Gasteiger partial charge in [-0.05, 0) is 12.8 Å². The first-order valence-electron chi connectivity index (χ1n) is 8.48. The molecule has 1 rings (SSSR count). The van der Waals surface area contributed by atoms with Crippen LogP contribution in [0, 0.1) is 0 Å². The smallest absolute Gasteiger partial charge is 0.307 e. The fraction of sp³-hybridized carbons (Fsp3) is 0.765. The summed E-state index contributed by atoms with van der Waals surface area (Å²) in [6, 6.07) is 0. The summed E-state index contributed by atoms with van der Waals surface area (Å²) in [5.41, 5.74) is 0. The summed E-state index contributed by atoms with van der Waals surface area (Å²) in [5, 5.41) is 8.87. The zero-order valence-corrected chi connectivity index (χ0v) is 13.7. The van der Waals surface area contributed by atoms with Gasteiger partial charge in [0.05, 0.1) is 13.0 Å². The summed E-state index contributed by atoms with van der Waals surface area (Å²) >= 11 is 0. The standard InChI is InChI=1S/C17H30N2O2/c1-3-5-7-8-9-10-16-18(12-6-4-2)14-15-19(16)13-11-17(20)21/h14-15H,3-13H2,1-2H3/p+1. The van der Waals surface area contributed by atoms with Gasteiger partial charge in [0, 0.05) is 6.42 Å². The highest BCUT2D eigenvalue weighted by Gasteiger charge is 2.17. The molecule has 1 N–H and O–H groups in total. The van der Waals surface area contributed by atoms with Gasteiger partial charge in [-0.2, -0.15) is 0 Å². The van der Waals surface area contributed by atoms with Gasteiger partial charge in [-0.25, -0.2) is 9.13 Å². The zero-order chi connectivity index (χ0) is 15.5. The quantitative estimate of drug-likeness (QED) is 0.473. The Morgan fingerprint density at radius 1 is 1.14 bits per heavy atom. The van der Waals surface area contributed by atoms with Gasteiger partial charge >= 0.3 is 5.97 Å². The van der Waals surface area contributed by atoms with E-state index < -0.39 is 5.97 Å². The molecule has 0 aliphatic rings. The molecule has 1 aromatic rings. The van der Waals surface area contributed by atoms with Crippen LogP contribution in [0.15, 0.2) is 12.4 Å². The Balaban J connectivity index is 2.60. The summed E-state index contributed by atoms with van der Waals surface area (Å²) in [7, 11) is 0. The molecule has 0 atom stereocenters. The predicted molar refractivity (Wildman–Crippen MR) is 84.3 cm³/mol. The molecule has 4 nitrogen and oxygen atoms in total. The molecule has 0 unspecified atom stereocenters. The van der Waals surface area contributed by atoms with Crippen LogP contribution in [-0.2, 0) is 24.3 Å². The van der Waals surface area contributed by atoms with E-state index in [0.717, 1.165) is 13.0 Å². The first-order valence-corrected chi connectivity index (χ1v) is 8.48. The van der Waals surface area contributed by atoms with Gasteiger partial charge in [-0.3, -0.25) is 4.79 Å². The lowest BCUT2D eigenvalue weighted by molar-refractivity contribution is -0.704. The van der Waals surface area contributed by atoms with E-state index in [4.69, 9.17) is 5.11 Å². The van der Waals surface area contributed by atoms with Crippen molar-refractivity contribution in [2.75, 3.05) is 0 Å². The minimum atomic E-state index is -0.724. The van der Waals surface area contributed by atoms with E-state index in [1.165, 1.54) is 50.8 Å². The molecular formula is C17H31N2O2+. The van der Waals surface area contributed by atoms with E-state index in [0.29, 0.717) is 6.54 Å². The van der Waals surface area contributed by atoms with E-state index in [-0.39, 0.29) is 6.42 Å². The second-order valence-electron chi connectivity index (χ2n) is 5.76. The van der Waals surface area contributed by atoms with Crippen molar-refractivity contribution in [2.24, 2.45) is 0 Å². The average molecular weight is 295 g/mol. The number of carboxylic acid groups (broad SMARTS) is 1. The van der Waals surface area contributed by atoms with Gasteiger partial charge in [0.1, 0.15) is 18.9 Å². The molecule has 1 heterocycles. The Morgan fingerprint density at radius 2 is 1.86 bits per heavy atom. The minimum absolute atomic E-state index is 0.200. The number of hydrogen-bond acceptors (Lipinski definition) is 1. The zero-order valence-electron chi connectivity index (χ0n) is 13.7. The fourth-order valence-electron chi connectivity index (χ4n) is 2.62. The number of aryl methyl sites for hydroxylation is 2. The van der Waals surface area contributed by atoms with Gasteiger partial charge < -0.3 is 5.11 Å². The van der Waals surface area contributed by atoms with Crippen molar-refractivity contribution in [3.63, 3.8) is 0 Å². The molecule has 0 aromatic carbocycles. The van der Waals surface area contributed by atoms with Crippen molar-refractivity contribution in [2.45, 2.75) is 84.7 Å². The van der Waals surface area contributed by atoms with Crippen LogP contribution in [-0.4, -0.2) is 15.6 Å². The molecule has 0 aliphatic carbocycles. The van der Waals surface area contributed by atoms with E-state index in [1.54, 1.807) is 0 Å². The average Bonchev–Trinajstić information content (AvgIpc) is 2.85. The maximum Gasteiger partial charge on any atom is 0.307 e. The Labute approximate surface area is 128 Å². The van der Waals surface area contributed by atoms with Crippen LogP contribution in [0.25, 0.3) is 0 Å². The van der Waals surface area contributed by atoms with Crippen LogP contribution >= 0.6 is 0 Å². The predicted octanol–water partition coefficient (Wildman–Crippen LogP) is 3.56. The lowest BCUT2D eigenvalue weighted by Crippen LogP contribution is -2.37. The molecule has 0 saturated heterocycles. The Kier molecular flexibility index (Phi) is 8.79. The number of carboxylic acids is 1. The SMILES string of the molecule is CCCCCCCc1n(CCC(=O)O)cc[n+]1CCCC. The van der Waals surface area contributed by atoms with Crippen LogP contribution in [0.1, 0.15) is 71.0 Å². The molecular weight excluding hydrogens is 264 g/mol. The number of aromatic nitrogens is 2. The van der Waals surface area contributed by atoms with E-state index in [1.807, 2.05) is 6.20 Å². The Bertz CT molecular complexity index is 413. The normalized spacial score (nSPS) is 11.0. The number of carbonyl (C=O) groups is 1. The first-order chi connectivity index (χ1) is 10.2. The minimum Gasteiger partial charge on any atom is -0.481 e. The monoisotopic (exact) mass is 295 g/mol. The number of nitrogens with zero attached hydrogens (tertiary/aromatic N) is 2. The van der Waals surface area contributed by atoms with Crippen molar-refractivity contribution in [1.82, 2.24) is 4.57 Å². The summed E-state index contributed by atoms with van der Waals surface area (Å²) in [4.78, 5) is 10.8. The maximum absolute atomic E-state index is 10.8. The second kappa shape index (κ2) is 10.4. The number of hydrogen-bond donors (Lipinski definition) is 1. The van der Waals surface area contributed by atoms with Gasteiger partial charge in [0.25, 0.3) is 5.82 Å². The molecule has 1 aromatic heterocycles. The van der Waals surface area contributed by atoms with Crippen LogP contribution < -0.4 is 4.57 Å². The summed E-state index contributed by atoms with van der Waals surface area (Å²) in [6.45, 7) is 6.06. The van der Waals surface area contributed by atoms with Crippen LogP contribution in [0.2, 0.25) is 0 Å². The summed E-state index contributed by atoms with van der Waals surface area (Å²) in [6.07, 6.45) is 14.1. The van der Waals surface area contributed by atoms with Gasteiger partial charge in [0.15, 0.2) is 0 Å². The molecule has 120 valence electrons. The molecule has 21 heavy (non-hydrogen) atoms. The lowest BCUT2D eigenvalue weighted by Gasteiger charge is -2.05. The van der Waals surface area contributed by atoms with Crippen molar-refractivity contribution in [3.05, 3.63) is 18.2 Å². The third kappa shape index (κ3) is 6.78. The summed E-state index contributed by atoms with van der Waals surface area (Å²) < 4.78 is 4.44. The van der Waals surface area contributed by atoms with Gasteiger partial charge in [0.2, 0.25) is 0 Å². The summed E-state index contributed by atoms with van der Waals surface area (Å²) in [5.74, 6) is 0.568. The highest BCUT2D eigenvalue weighted by atomic mass is 16.4. The van der Waals surface area contributed by atoms with E-state index in [2.05, 4.69) is 29.2 Å². The highest BCUT2D eigenvalue weighted by molar-refractivity contribution is 5.66. The van der Waals surface area contributed by atoms with Crippen LogP contribution in [0.5, 0.6) is 0 Å². The van der Waals surface area contributed by atoms with Gasteiger partial charge in [-0.15, -0.1) is 0 Å². The first kappa shape index (κ1) is 17.7. The van der Waals surface area contributed by atoms with Gasteiger partial charge in [-0.1, -0.05) is 46.0 Å². The fourth-order valence-corrected chi connectivity index (χ4v) is 2.62. The second-order valence-corrected chi connectivity index (χ2v) is 5.76. The molecule has 0 bridgehead atoms. The topological polar surface area (TPSA) is 46.1 Å². The van der Waals surface area contributed by atoms with Crippen molar-refractivity contribution in [3.8, 4) is 0 Å². The molecule has 0 fully saturated rings. The molecule has 4 heteroatoms.